The molecule has 0 aliphatic carbocycles. The van der Waals surface area contributed by atoms with Gasteiger partial charge in [-0.2, -0.15) is 5.26 Å². The lowest BCUT2D eigenvalue weighted by Crippen LogP contribution is -2.08. The number of rotatable bonds is 2. The van der Waals surface area contributed by atoms with E-state index in [0.717, 1.165) is 11.1 Å². The first kappa shape index (κ1) is 12.8. The van der Waals surface area contributed by atoms with Gasteiger partial charge in [0.25, 0.3) is 0 Å². The molecule has 0 aliphatic heterocycles. The van der Waals surface area contributed by atoms with Crippen LogP contribution >= 0.6 is 0 Å². The van der Waals surface area contributed by atoms with Gasteiger partial charge >= 0.3 is 5.97 Å². The molecule has 0 bridgehead atoms. The molecule has 0 radical (unpaired) electrons. The minimum atomic E-state index is -0.458. The van der Waals surface area contributed by atoms with Gasteiger partial charge in [-0.15, -0.1) is 0 Å². The van der Waals surface area contributed by atoms with Crippen LogP contribution in [0.15, 0.2) is 42.5 Å². The lowest BCUT2D eigenvalue weighted by atomic mass is 10.1. The van der Waals surface area contributed by atoms with Crippen LogP contribution in [0.3, 0.4) is 0 Å². The molecule has 0 spiro atoms. The van der Waals surface area contributed by atoms with Crippen molar-refractivity contribution in [3.8, 4) is 11.8 Å². The number of aryl methyl sites for hydroxylation is 2. The van der Waals surface area contributed by atoms with Gasteiger partial charge in [-0.25, -0.2) is 4.79 Å². The summed E-state index contributed by atoms with van der Waals surface area (Å²) in [5.74, 6) is 0.0517. The van der Waals surface area contributed by atoms with Gasteiger partial charge in [0, 0.05) is 0 Å². The summed E-state index contributed by atoms with van der Waals surface area (Å²) in [5.41, 5.74) is 3.02. The molecule has 0 heterocycles. The van der Waals surface area contributed by atoms with Gasteiger partial charge in [-0.05, 0) is 55.3 Å². The highest BCUT2D eigenvalue weighted by Gasteiger charge is 2.09. The summed E-state index contributed by atoms with van der Waals surface area (Å²) in [5, 5.41) is 8.80. The quantitative estimate of drug-likeness (QED) is 0.607. The zero-order valence-electron chi connectivity index (χ0n) is 10.8. The molecule has 0 amide bonds. The fourth-order valence-corrected chi connectivity index (χ4v) is 1.66. The third-order valence-corrected chi connectivity index (χ3v) is 2.92. The number of hydrogen-bond acceptors (Lipinski definition) is 3. The maximum absolute atomic E-state index is 11.9. The van der Waals surface area contributed by atoms with E-state index in [9.17, 15) is 4.79 Å². The minimum absolute atomic E-state index is 0.372. The molecule has 19 heavy (non-hydrogen) atoms. The SMILES string of the molecule is Cc1ccc(OC(=O)c2cccc(C#N)c2)cc1C. The van der Waals surface area contributed by atoms with Crippen molar-refractivity contribution in [3.63, 3.8) is 0 Å². The Balaban J connectivity index is 2.21. The Morgan fingerprint density at radius 3 is 2.58 bits per heavy atom. The third-order valence-electron chi connectivity index (χ3n) is 2.92. The van der Waals surface area contributed by atoms with E-state index in [1.165, 1.54) is 6.07 Å². The van der Waals surface area contributed by atoms with Gasteiger partial charge in [0.05, 0.1) is 17.2 Å². The largest absolute Gasteiger partial charge is 0.423 e. The predicted molar refractivity (Wildman–Crippen MR) is 72.0 cm³/mol. The first-order valence-corrected chi connectivity index (χ1v) is 5.90. The van der Waals surface area contributed by atoms with E-state index in [1.807, 2.05) is 32.0 Å². The van der Waals surface area contributed by atoms with Crippen LogP contribution in [-0.4, -0.2) is 5.97 Å². The molecule has 3 heteroatoms. The summed E-state index contributed by atoms with van der Waals surface area (Å²) in [4.78, 5) is 11.9. The summed E-state index contributed by atoms with van der Waals surface area (Å²) in [6, 6.07) is 13.9. The molecule has 0 atom stereocenters. The Morgan fingerprint density at radius 2 is 1.89 bits per heavy atom. The van der Waals surface area contributed by atoms with E-state index in [4.69, 9.17) is 10.00 Å². The Kier molecular flexibility index (Phi) is 3.63. The van der Waals surface area contributed by atoms with Crippen LogP contribution in [-0.2, 0) is 0 Å². The second-order valence-corrected chi connectivity index (χ2v) is 4.33. The smallest absolute Gasteiger partial charge is 0.343 e. The minimum Gasteiger partial charge on any atom is -0.423 e. The predicted octanol–water partition coefficient (Wildman–Crippen LogP) is 3.39. The Labute approximate surface area is 112 Å². The molecule has 0 N–H and O–H groups in total. The normalized spacial score (nSPS) is 9.74. The molecule has 2 aromatic carbocycles. The van der Waals surface area contributed by atoms with Crippen molar-refractivity contribution >= 4 is 5.97 Å². The molecule has 0 aliphatic rings. The Bertz CT molecular complexity index is 669. The summed E-state index contributed by atoms with van der Waals surface area (Å²) >= 11 is 0. The van der Waals surface area contributed by atoms with E-state index in [0.29, 0.717) is 16.9 Å². The van der Waals surface area contributed by atoms with Crippen LogP contribution in [0.1, 0.15) is 27.0 Å². The molecule has 0 aromatic heterocycles. The van der Waals surface area contributed by atoms with Crippen molar-refractivity contribution in [1.29, 1.82) is 5.26 Å². The average molecular weight is 251 g/mol. The van der Waals surface area contributed by atoms with E-state index in [-0.39, 0.29) is 0 Å². The van der Waals surface area contributed by atoms with Crippen molar-refractivity contribution in [2.45, 2.75) is 13.8 Å². The van der Waals surface area contributed by atoms with Crippen molar-refractivity contribution in [3.05, 3.63) is 64.7 Å². The summed E-state index contributed by atoms with van der Waals surface area (Å²) in [7, 11) is 0. The van der Waals surface area contributed by atoms with E-state index < -0.39 is 5.97 Å². The van der Waals surface area contributed by atoms with Gasteiger partial charge in [-0.1, -0.05) is 12.1 Å². The number of nitriles is 1. The molecule has 0 saturated carbocycles. The van der Waals surface area contributed by atoms with Crippen LogP contribution in [0.5, 0.6) is 5.75 Å². The third kappa shape index (κ3) is 2.99. The number of esters is 1. The zero-order valence-corrected chi connectivity index (χ0v) is 10.8. The van der Waals surface area contributed by atoms with Gasteiger partial charge in [0.1, 0.15) is 5.75 Å². The number of hydrogen-bond donors (Lipinski definition) is 0. The van der Waals surface area contributed by atoms with Crippen molar-refractivity contribution in [1.82, 2.24) is 0 Å². The van der Waals surface area contributed by atoms with Crippen LogP contribution in [0.4, 0.5) is 0 Å². The molecule has 2 rings (SSSR count). The monoisotopic (exact) mass is 251 g/mol. The zero-order chi connectivity index (χ0) is 13.8. The van der Waals surface area contributed by atoms with Gasteiger partial charge in [-0.3, -0.25) is 0 Å². The summed E-state index contributed by atoms with van der Waals surface area (Å²) < 4.78 is 5.29. The van der Waals surface area contributed by atoms with E-state index in [1.54, 1.807) is 24.3 Å². The summed E-state index contributed by atoms with van der Waals surface area (Å²) in [6.45, 7) is 3.96. The first-order valence-electron chi connectivity index (χ1n) is 5.90. The maximum atomic E-state index is 11.9. The fourth-order valence-electron chi connectivity index (χ4n) is 1.66. The topological polar surface area (TPSA) is 50.1 Å². The van der Waals surface area contributed by atoms with Crippen LogP contribution in [0.25, 0.3) is 0 Å². The fraction of sp³-hybridized carbons (Fsp3) is 0.125. The highest BCUT2D eigenvalue weighted by Crippen LogP contribution is 2.18. The highest BCUT2D eigenvalue weighted by molar-refractivity contribution is 5.91. The van der Waals surface area contributed by atoms with Crippen LogP contribution in [0.2, 0.25) is 0 Å². The van der Waals surface area contributed by atoms with Gasteiger partial charge < -0.3 is 4.74 Å². The number of carbonyl (C=O) groups excluding carboxylic acids is 1. The van der Waals surface area contributed by atoms with E-state index in [2.05, 4.69) is 0 Å². The number of carbonyl (C=O) groups is 1. The van der Waals surface area contributed by atoms with Crippen molar-refractivity contribution in [2.75, 3.05) is 0 Å². The molecule has 0 saturated heterocycles. The lowest BCUT2D eigenvalue weighted by molar-refractivity contribution is 0.0734. The maximum Gasteiger partial charge on any atom is 0.343 e. The molecular weight excluding hydrogens is 238 g/mol. The standard InChI is InChI=1S/C16H13NO2/c1-11-6-7-15(8-12(11)2)19-16(18)14-5-3-4-13(9-14)10-17/h3-9H,1-2H3. The van der Waals surface area contributed by atoms with Gasteiger partial charge in [0.2, 0.25) is 0 Å². The van der Waals surface area contributed by atoms with Crippen LogP contribution < -0.4 is 4.74 Å². The molecule has 2 aromatic rings. The van der Waals surface area contributed by atoms with E-state index >= 15 is 0 Å². The lowest BCUT2D eigenvalue weighted by Gasteiger charge is -2.06. The molecular formula is C16H13NO2. The van der Waals surface area contributed by atoms with Gasteiger partial charge in [0.15, 0.2) is 0 Å². The summed E-state index contributed by atoms with van der Waals surface area (Å²) in [6.07, 6.45) is 0. The molecule has 3 nitrogen and oxygen atoms in total. The highest BCUT2D eigenvalue weighted by atomic mass is 16.5. The molecule has 0 fully saturated rings. The first-order chi connectivity index (χ1) is 9.10. The number of ether oxygens (including phenoxy) is 1. The second-order valence-electron chi connectivity index (χ2n) is 4.33. The Hall–Kier alpha value is -2.60. The molecule has 94 valence electrons. The van der Waals surface area contributed by atoms with Crippen LogP contribution in [0, 0.1) is 25.2 Å². The van der Waals surface area contributed by atoms with Crippen molar-refractivity contribution < 1.29 is 9.53 Å². The number of nitrogens with zero attached hydrogens (tertiary/aromatic N) is 1. The molecule has 0 unspecified atom stereocenters. The average Bonchev–Trinajstić information content (AvgIpc) is 2.43. The number of benzene rings is 2. The second kappa shape index (κ2) is 5.36. The Morgan fingerprint density at radius 1 is 1.11 bits per heavy atom. The van der Waals surface area contributed by atoms with Crippen molar-refractivity contribution in [2.24, 2.45) is 0 Å².